The fourth-order valence-corrected chi connectivity index (χ4v) is 6.60. The fraction of sp³-hybridized carbons (Fsp3) is 0.250. The van der Waals surface area contributed by atoms with E-state index in [1.807, 2.05) is 0 Å². The van der Waals surface area contributed by atoms with Gasteiger partial charge in [0.25, 0.3) is 0 Å². The van der Waals surface area contributed by atoms with E-state index in [4.69, 9.17) is 4.74 Å². The summed E-state index contributed by atoms with van der Waals surface area (Å²) < 4.78 is 5.81. The van der Waals surface area contributed by atoms with Crippen LogP contribution in [0.15, 0.2) is 115 Å². The van der Waals surface area contributed by atoms with Gasteiger partial charge in [-0.25, -0.2) is 0 Å². The molecule has 0 amide bonds. The number of hydrogen-bond donors (Lipinski definition) is 0. The number of ether oxygens (including phenoxy) is 1. The van der Waals surface area contributed by atoms with E-state index in [1.165, 1.54) is 55.6 Å². The lowest BCUT2D eigenvalue weighted by Gasteiger charge is -2.38. The molecule has 5 aromatic rings. The van der Waals surface area contributed by atoms with Crippen molar-refractivity contribution in [3.05, 3.63) is 160 Å². The van der Waals surface area contributed by atoms with E-state index in [0.29, 0.717) is 11.8 Å². The summed E-state index contributed by atoms with van der Waals surface area (Å²) in [4.78, 5) is 0. The Morgan fingerprint density at radius 2 is 0.927 bits per heavy atom. The molecule has 5 aromatic carbocycles. The van der Waals surface area contributed by atoms with Crippen LogP contribution in [0, 0.1) is 13.8 Å². The van der Waals surface area contributed by atoms with Crippen LogP contribution in [0.5, 0.6) is 5.75 Å². The van der Waals surface area contributed by atoms with Crippen molar-refractivity contribution in [3.63, 3.8) is 0 Å². The van der Waals surface area contributed by atoms with Crippen molar-refractivity contribution in [2.75, 3.05) is 7.11 Å². The van der Waals surface area contributed by atoms with Crippen LogP contribution in [-0.4, -0.2) is 7.11 Å². The van der Waals surface area contributed by atoms with Crippen molar-refractivity contribution in [2.24, 2.45) is 0 Å². The Balaban J connectivity index is 1.97. The first kappa shape index (κ1) is 28.4. The molecule has 0 heterocycles. The van der Waals surface area contributed by atoms with Crippen LogP contribution >= 0.6 is 0 Å². The standard InChI is InChI=1S/C40H42O/c1-27(2)35-25-34(26-36(28(3)4)39(35)38-29(5)23-24-37(41-7)30(38)6)40(31-17-11-8-12-18-31,32-19-13-9-14-20-32)33-21-15-10-16-22-33/h8-28H,1-7H3. The van der Waals surface area contributed by atoms with Crippen LogP contribution in [0.4, 0.5) is 0 Å². The van der Waals surface area contributed by atoms with Gasteiger partial charge in [0.15, 0.2) is 0 Å². The predicted molar refractivity (Wildman–Crippen MR) is 174 cm³/mol. The number of rotatable bonds is 8. The molecule has 0 bridgehead atoms. The lowest BCUT2D eigenvalue weighted by atomic mass is 9.63. The van der Waals surface area contributed by atoms with E-state index in [2.05, 4.69) is 157 Å². The Bertz CT molecular complexity index is 1490. The van der Waals surface area contributed by atoms with Gasteiger partial charge >= 0.3 is 0 Å². The summed E-state index contributed by atoms with van der Waals surface area (Å²) in [5.74, 6) is 1.59. The van der Waals surface area contributed by atoms with E-state index >= 15 is 0 Å². The summed E-state index contributed by atoms with van der Waals surface area (Å²) in [6, 6.07) is 42.3. The first-order valence-corrected chi connectivity index (χ1v) is 14.8. The van der Waals surface area contributed by atoms with Gasteiger partial charge in [-0.2, -0.15) is 0 Å². The van der Waals surface area contributed by atoms with E-state index in [-0.39, 0.29) is 0 Å². The summed E-state index contributed by atoms with van der Waals surface area (Å²) in [7, 11) is 1.77. The molecular weight excluding hydrogens is 496 g/mol. The van der Waals surface area contributed by atoms with Crippen LogP contribution in [-0.2, 0) is 5.41 Å². The summed E-state index contributed by atoms with van der Waals surface area (Å²) in [6.07, 6.45) is 0. The summed E-state index contributed by atoms with van der Waals surface area (Å²) in [5.41, 5.74) is 12.5. The average molecular weight is 539 g/mol. The van der Waals surface area contributed by atoms with Gasteiger partial charge < -0.3 is 4.74 Å². The molecule has 0 saturated heterocycles. The van der Waals surface area contributed by atoms with Crippen LogP contribution in [0.3, 0.4) is 0 Å². The quantitative estimate of drug-likeness (QED) is 0.179. The molecular formula is C40H42O. The van der Waals surface area contributed by atoms with E-state index in [1.54, 1.807) is 7.11 Å². The summed E-state index contributed by atoms with van der Waals surface area (Å²) in [5, 5.41) is 0. The number of methoxy groups -OCH3 is 1. The maximum absolute atomic E-state index is 5.81. The molecule has 0 unspecified atom stereocenters. The second kappa shape index (κ2) is 11.8. The predicted octanol–water partition coefficient (Wildman–Crippen LogP) is 10.6. The molecule has 1 heteroatoms. The molecule has 0 fully saturated rings. The molecule has 0 saturated carbocycles. The normalized spacial score (nSPS) is 11.7. The van der Waals surface area contributed by atoms with Crippen molar-refractivity contribution in [2.45, 2.75) is 58.8 Å². The Hall–Kier alpha value is -4.10. The highest BCUT2D eigenvalue weighted by atomic mass is 16.5. The molecule has 0 aliphatic rings. The minimum absolute atomic E-state index is 0.326. The number of benzene rings is 5. The highest BCUT2D eigenvalue weighted by molar-refractivity contribution is 5.81. The SMILES string of the molecule is COc1ccc(C)c(-c2c(C(C)C)cc(C(c3ccccc3)(c3ccccc3)c3ccccc3)cc2C(C)C)c1C. The molecule has 0 aromatic heterocycles. The highest BCUT2D eigenvalue weighted by Gasteiger charge is 2.39. The van der Waals surface area contributed by atoms with Crippen LogP contribution in [0.25, 0.3) is 11.1 Å². The van der Waals surface area contributed by atoms with Crippen molar-refractivity contribution >= 4 is 0 Å². The van der Waals surface area contributed by atoms with Crippen molar-refractivity contribution in [1.82, 2.24) is 0 Å². The Morgan fingerprint density at radius 3 is 1.29 bits per heavy atom. The molecule has 41 heavy (non-hydrogen) atoms. The topological polar surface area (TPSA) is 9.23 Å². The molecule has 0 spiro atoms. The van der Waals surface area contributed by atoms with Gasteiger partial charge in [0, 0.05) is 0 Å². The molecule has 1 nitrogen and oxygen atoms in total. The minimum Gasteiger partial charge on any atom is -0.496 e. The number of aryl methyl sites for hydroxylation is 1. The van der Waals surface area contributed by atoms with Gasteiger partial charge in [0.05, 0.1) is 12.5 Å². The van der Waals surface area contributed by atoms with Crippen molar-refractivity contribution in [3.8, 4) is 16.9 Å². The minimum atomic E-state index is -0.478. The average Bonchev–Trinajstić information content (AvgIpc) is 2.99. The first-order chi connectivity index (χ1) is 19.8. The maximum atomic E-state index is 5.81. The third-order valence-corrected chi connectivity index (χ3v) is 8.59. The first-order valence-electron chi connectivity index (χ1n) is 14.8. The Kier molecular flexibility index (Phi) is 8.18. The third-order valence-electron chi connectivity index (χ3n) is 8.59. The zero-order chi connectivity index (χ0) is 29.1. The van der Waals surface area contributed by atoms with Crippen molar-refractivity contribution < 1.29 is 4.74 Å². The zero-order valence-electron chi connectivity index (χ0n) is 25.5. The Labute approximate surface area is 246 Å². The summed E-state index contributed by atoms with van der Waals surface area (Å²) >= 11 is 0. The third kappa shape index (κ3) is 4.99. The Morgan fingerprint density at radius 1 is 0.512 bits per heavy atom. The molecule has 5 rings (SSSR count). The summed E-state index contributed by atoms with van der Waals surface area (Å²) in [6.45, 7) is 13.7. The largest absolute Gasteiger partial charge is 0.496 e. The molecule has 0 N–H and O–H groups in total. The highest BCUT2D eigenvalue weighted by Crippen LogP contribution is 2.49. The van der Waals surface area contributed by atoms with Gasteiger partial charge in [0.2, 0.25) is 0 Å². The smallest absolute Gasteiger partial charge is 0.122 e. The van der Waals surface area contributed by atoms with Crippen molar-refractivity contribution in [1.29, 1.82) is 0 Å². The van der Waals surface area contributed by atoms with Gasteiger partial charge in [-0.3, -0.25) is 0 Å². The van der Waals surface area contributed by atoms with Crippen LogP contribution in [0.2, 0.25) is 0 Å². The van der Waals surface area contributed by atoms with Gasteiger partial charge in [-0.05, 0) is 87.4 Å². The second-order valence-electron chi connectivity index (χ2n) is 11.8. The fourth-order valence-electron chi connectivity index (χ4n) is 6.60. The van der Waals surface area contributed by atoms with E-state index in [9.17, 15) is 0 Å². The lowest BCUT2D eigenvalue weighted by Crippen LogP contribution is -2.31. The van der Waals surface area contributed by atoms with Crippen LogP contribution < -0.4 is 4.74 Å². The molecule has 0 radical (unpaired) electrons. The maximum Gasteiger partial charge on any atom is 0.122 e. The van der Waals surface area contributed by atoms with Gasteiger partial charge in [-0.1, -0.05) is 137 Å². The number of hydrogen-bond acceptors (Lipinski definition) is 1. The van der Waals surface area contributed by atoms with Gasteiger partial charge in [-0.15, -0.1) is 0 Å². The molecule has 208 valence electrons. The van der Waals surface area contributed by atoms with Crippen LogP contribution in [0.1, 0.15) is 84.0 Å². The molecule has 0 atom stereocenters. The lowest BCUT2D eigenvalue weighted by molar-refractivity contribution is 0.412. The van der Waals surface area contributed by atoms with E-state index in [0.717, 1.165) is 5.75 Å². The monoisotopic (exact) mass is 538 g/mol. The second-order valence-corrected chi connectivity index (χ2v) is 11.8. The van der Waals surface area contributed by atoms with E-state index < -0.39 is 5.41 Å². The molecule has 0 aliphatic heterocycles. The zero-order valence-corrected chi connectivity index (χ0v) is 25.5. The van der Waals surface area contributed by atoms with Gasteiger partial charge in [0.1, 0.15) is 5.75 Å². The molecule has 0 aliphatic carbocycles.